The third kappa shape index (κ3) is 12.1. The second-order valence-corrected chi connectivity index (χ2v) is 30.8. The summed E-state index contributed by atoms with van der Waals surface area (Å²) in [5, 5.41) is 200. The summed E-state index contributed by atoms with van der Waals surface area (Å²) in [4.78, 5) is 15.7. The van der Waals surface area contributed by atoms with Crippen LogP contribution >= 0.6 is 0 Å². The minimum Gasteiger partial charge on any atom is -0.432 e. The Morgan fingerprint density at radius 3 is 1.78 bits per heavy atom. The molecule has 11 rings (SSSR count). The number of ether oxygens (including phenoxy) is 12. The molecule has 5 aliphatic carbocycles. The number of esters is 1. The first-order valence-electron chi connectivity index (χ1n) is 33.1. The van der Waals surface area contributed by atoms with Crippen LogP contribution in [-0.2, 0) is 61.6 Å². The first kappa shape index (κ1) is 73.3. The van der Waals surface area contributed by atoms with Crippen molar-refractivity contribution in [3.63, 3.8) is 0 Å². The lowest BCUT2D eigenvalue weighted by molar-refractivity contribution is -0.387. The second kappa shape index (κ2) is 26.8. The molecule has 4 saturated carbocycles. The van der Waals surface area contributed by atoms with Gasteiger partial charge >= 0.3 is 5.97 Å². The molecular formula is C63H102O31. The quantitative estimate of drug-likeness (QED) is 0.0413. The average molecular weight is 1360 g/mol. The van der Waals surface area contributed by atoms with Crippen molar-refractivity contribution in [2.24, 2.45) is 50.2 Å². The summed E-state index contributed by atoms with van der Waals surface area (Å²) >= 11 is 0. The molecular weight excluding hydrogens is 1250 g/mol. The minimum absolute atomic E-state index is 0.0766. The number of allylic oxidation sites excluding steroid dienone is 2. The van der Waals surface area contributed by atoms with Gasteiger partial charge in [0.25, 0.3) is 0 Å². The van der Waals surface area contributed by atoms with Crippen molar-refractivity contribution in [1.29, 1.82) is 0 Å². The molecule has 10 fully saturated rings. The molecule has 0 aromatic carbocycles. The third-order valence-corrected chi connectivity index (χ3v) is 24.5. The highest BCUT2D eigenvalue weighted by Gasteiger charge is 2.74. The van der Waals surface area contributed by atoms with Crippen LogP contribution in [0.1, 0.15) is 107 Å². The van der Waals surface area contributed by atoms with Gasteiger partial charge in [-0.25, -0.2) is 0 Å². The van der Waals surface area contributed by atoms with E-state index in [1.165, 1.54) is 13.8 Å². The number of hydrogen-bond donors (Lipinski definition) is 18. The number of aliphatic hydroxyl groups is 18. The Bertz CT molecular complexity index is 2680. The van der Waals surface area contributed by atoms with Crippen LogP contribution in [0.2, 0.25) is 0 Å². The summed E-state index contributed by atoms with van der Waals surface area (Å²) in [6, 6.07) is 0. The van der Waals surface area contributed by atoms with Crippen LogP contribution in [0.5, 0.6) is 0 Å². The molecule has 0 amide bonds. The Morgan fingerprint density at radius 2 is 1.12 bits per heavy atom. The highest BCUT2D eigenvalue weighted by atomic mass is 16.8. The molecule has 6 saturated heterocycles. The first-order valence-corrected chi connectivity index (χ1v) is 33.1. The Labute approximate surface area is 543 Å². The van der Waals surface area contributed by atoms with Gasteiger partial charge in [0, 0.05) is 11.3 Å². The maximum atomic E-state index is 15.7. The molecule has 0 spiro atoms. The highest BCUT2D eigenvalue weighted by Crippen LogP contribution is 2.76. The number of aliphatic hydroxyl groups excluding tert-OH is 17. The lowest BCUT2D eigenvalue weighted by atomic mass is 9.33. The van der Waals surface area contributed by atoms with E-state index in [4.69, 9.17) is 56.8 Å². The van der Waals surface area contributed by atoms with Crippen molar-refractivity contribution in [2.75, 3.05) is 39.6 Å². The number of hydrogen-bond acceptors (Lipinski definition) is 31. The maximum absolute atomic E-state index is 15.7. The molecule has 11 aliphatic rings. The van der Waals surface area contributed by atoms with Crippen LogP contribution in [0.15, 0.2) is 11.6 Å². The second-order valence-electron chi connectivity index (χ2n) is 30.8. The van der Waals surface area contributed by atoms with Gasteiger partial charge in [-0.15, -0.1) is 0 Å². The molecule has 0 unspecified atom stereocenters. The molecule has 0 aromatic heterocycles. The SMILES string of the molecule is C[C@@H]1O[C@@H](O[C@@H]2[C@@H](O)[C@H](O[C@@H]3[C@@H](O[C@@H]4OC[C@](O)(CO)[C@H]4O)[C@@H](O)[C@H](O[C@H]4[C@H](OC(=O)[C@]56CCC(C)(C)C[C@H]5C5=CC[C@@H]7[C@@]8(C)C[C@@H](O)[C@H](O[C@@H]9O[C@H](CO)[C@@H](O)[C@H](O)[C@H]9O)[C@@](C)(CO)[C@@H]8[C@H](O)C[C@@]7(C)[C@]5(C)CC6)OC[C@H](O)[C@@H]4O)O[C@H]3C)OC[C@H]2O)[C@H](O)[C@H](O)[C@H]1O. The van der Waals surface area contributed by atoms with E-state index < -0.39 is 262 Å². The van der Waals surface area contributed by atoms with Crippen LogP contribution in [-0.4, -0.2) is 315 Å². The molecule has 18 N–H and O–H groups in total. The Balaban J connectivity index is 0.838. The lowest BCUT2D eigenvalue weighted by Crippen LogP contribution is -2.72. The summed E-state index contributed by atoms with van der Waals surface area (Å²) in [5.41, 5.74) is -6.39. The molecule has 94 heavy (non-hydrogen) atoms. The zero-order valence-corrected chi connectivity index (χ0v) is 54.2. The zero-order valence-electron chi connectivity index (χ0n) is 54.2. The highest BCUT2D eigenvalue weighted by molar-refractivity contribution is 5.79. The van der Waals surface area contributed by atoms with E-state index in [9.17, 15) is 91.9 Å². The van der Waals surface area contributed by atoms with Gasteiger partial charge in [-0.05, 0) is 98.7 Å². The Kier molecular flexibility index (Phi) is 20.9. The fourth-order valence-corrected chi connectivity index (χ4v) is 18.9. The Morgan fingerprint density at radius 1 is 0.532 bits per heavy atom. The standard InChI is InChI=1S/C63H102O31/c1-24-34(71)37(74)39(76)51(86-24)90-44-31(70)20-83-50(41(44)78)89-43-25(2)87-53(42(79)45(43)91-55-48(80)63(82,22-66)23-85-55)92-46-35(72)30(69)19-84-54(46)94-56(81)62-13-11-57(3,4)15-27(62)26-9-10-33-58(5)16-29(68)49(93-52-40(77)38(75)36(73)32(18-64)88-52)59(6,21-65)47(58)28(67)17-61(33,8)60(26,7)12-14-62/h9,24-25,27-55,64-80,82H,10-23H2,1-8H3/t24-,25-,27-,28+,29+,30-,31+,32+,33+,34-,35-,36+,37+,38-,39+,40+,41+,42+,43-,44-,45-,46+,47+,48-,49-,50-,51-,52-,53-,54-,55-,58+,59-,60+,61+,62-,63+/m0/s1. The van der Waals surface area contributed by atoms with Crippen LogP contribution in [0.25, 0.3) is 0 Å². The fraction of sp³-hybridized carbons (Fsp3) is 0.952. The maximum Gasteiger partial charge on any atom is 0.315 e. The molecule has 37 atom stereocenters. The van der Waals surface area contributed by atoms with E-state index in [2.05, 4.69) is 33.8 Å². The van der Waals surface area contributed by atoms with E-state index >= 15 is 4.79 Å². The van der Waals surface area contributed by atoms with E-state index in [1.807, 2.05) is 6.92 Å². The van der Waals surface area contributed by atoms with Gasteiger partial charge in [0.1, 0.15) is 103 Å². The molecule has 540 valence electrons. The van der Waals surface area contributed by atoms with E-state index in [1.54, 1.807) is 6.92 Å². The van der Waals surface area contributed by atoms with Crippen molar-refractivity contribution in [1.82, 2.24) is 0 Å². The third-order valence-electron chi connectivity index (χ3n) is 24.5. The largest absolute Gasteiger partial charge is 0.432 e. The van der Waals surface area contributed by atoms with Gasteiger partial charge in [-0.1, -0.05) is 53.2 Å². The molecule has 0 radical (unpaired) electrons. The smallest absolute Gasteiger partial charge is 0.315 e. The van der Waals surface area contributed by atoms with Crippen LogP contribution < -0.4 is 0 Å². The van der Waals surface area contributed by atoms with Crippen molar-refractivity contribution in [3.05, 3.63) is 11.6 Å². The van der Waals surface area contributed by atoms with Gasteiger partial charge in [0.05, 0.1) is 75.6 Å². The van der Waals surface area contributed by atoms with Crippen molar-refractivity contribution >= 4 is 5.97 Å². The molecule has 6 aliphatic heterocycles. The summed E-state index contributed by atoms with van der Waals surface area (Å²) in [5.74, 6) is -2.09. The number of carbonyl (C=O) groups excluding carboxylic acids is 1. The lowest BCUT2D eigenvalue weighted by Gasteiger charge is -2.72. The summed E-state index contributed by atoms with van der Waals surface area (Å²) in [6.07, 6.45) is -40.9. The monoisotopic (exact) mass is 1350 g/mol. The van der Waals surface area contributed by atoms with Crippen LogP contribution in [0.4, 0.5) is 0 Å². The fourth-order valence-electron chi connectivity index (χ4n) is 18.9. The number of carbonyl (C=O) groups is 1. The molecule has 31 heteroatoms. The van der Waals surface area contributed by atoms with Gasteiger partial charge in [-0.2, -0.15) is 0 Å². The number of rotatable bonds is 15. The molecule has 6 heterocycles. The number of fused-ring (bicyclic) bond motifs is 7. The van der Waals surface area contributed by atoms with Crippen LogP contribution in [0.3, 0.4) is 0 Å². The molecule has 31 nitrogen and oxygen atoms in total. The van der Waals surface area contributed by atoms with Gasteiger partial charge < -0.3 is 149 Å². The van der Waals surface area contributed by atoms with Gasteiger partial charge in [0.15, 0.2) is 37.6 Å². The van der Waals surface area contributed by atoms with Crippen molar-refractivity contribution < 1.29 is 154 Å². The van der Waals surface area contributed by atoms with Gasteiger partial charge in [-0.3, -0.25) is 4.79 Å². The van der Waals surface area contributed by atoms with E-state index in [0.29, 0.717) is 32.1 Å². The minimum atomic E-state index is -2.24. The summed E-state index contributed by atoms with van der Waals surface area (Å²) in [6.45, 7) is 11.1. The topological polar surface area (TPSA) is 492 Å². The van der Waals surface area contributed by atoms with E-state index in [0.717, 1.165) is 5.57 Å². The molecule has 0 aromatic rings. The summed E-state index contributed by atoms with van der Waals surface area (Å²) in [7, 11) is 0. The van der Waals surface area contributed by atoms with Crippen molar-refractivity contribution in [3.8, 4) is 0 Å². The van der Waals surface area contributed by atoms with Crippen molar-refractivity contribution in [2.45, 2.75) is 284 Å². The predicted octanol–water partition coefficient (Wildman–Crippen LogP) is -5.50. The van der Waals surface area contributed by atoms with Crippen LogP contribution in [0, 0.1) is 50.2 Å². The van der Waals surface area contributed by atoms with Gasteiger partial charge in [0.2, 0.25) is 6.29 Å². The Hall–Kier alpha value is -1.95. The first-order chi connectivity index (χ1) is 44.0. The average Bonchev–Trinajstić information content (AvgIpc) is 0.723. The summed E-state index contributed by atoms with van der Waals surface area (Å²) < 4.78 is 72.0. The predicted molar refractivity (Wildman–Crippen MR) is 311 cm³/mol. The normalized spacial score (nSPS) is 55.9. The zero-order chi connectivity index (χ0) is 68.6. The van der Waals surface area contributed by atoms with E-state index in [-0.39, 0.29) is 30.6 Å². The molecule has 0 bridgehead atoms.